The molecule has 0 bridgehead atoms. The molecule has 2 N–H and O–H groups in total. The van der Waals surface area contributed by atoms with E-state index in [1.165, 1.54) is 0 Å². The van der Waals surface area contributed by atoms with Crippen molar-refractivity contribution in [1.29, 1.82) is 0 Å². The first-order chi connectivity index (χ1) is 9.29. The van der Waals surface area contributed by atoms with Crippen LogP contribution in [-0.4, -0.2) is 18.1 Å². The standard InChI is InChI=1S/C14H15N3O2/c1-19-13-7-3-2-5-11(13)9-16-14(18)17-12-6-4-8-15-10-12/h2-8,10H,9H2,1H3,(H2,16,17,18). The van der Waals surface area contributed by atoms with Gasteiger partial charge in [0, 0.05) is 18.3 Å². The number of aromatic nitrogens is 1. The quantitative estimate of drug-likeness (QED) is 0.884. The Morgan fingerprint density at radius 2 is 2.11 bits per heavy atom. The van der Waals surface area contributed by atoms with Crippen LogP contribution in [-0.2, 0) is 6.54 Å². The monoisotopic (exact) mass is 257 g/mol. The van der Waals surface area contributed by atoms with Gasteiger partial charge in [0.25, 0.3) is 0 Å². The van der Waals surface area contributed by atoms with Crippen molar-refractivity contribution in [3.05, 3.63) is 54.4 Å². The van der Waals surface area contributed by atoms with E-state index in [2.05, 4.69) is 15.6 Å². The Kier molecular flexibility index (Phi) is 4.34. The van der Waals surface area contributed by atoms with Crippen LogP contribution in [0.4, 0.5) is 10.5 Å². The second-order valence-electron chi connectivity index (χ2n) is 3.86. The van der Waals surface area contributed by atoms with E-state index >= 15 is 0 Å². The van der Waals surface area contributed by atoms with Gasteiger partial charge in [-0.15, -0.1) is 0 Å². The minimum atomic E-state index is -0.279. The average Bonchev–Trinajstić information content (AvgIpc) is 2.46. The number of nitrogens with zero attached hydrogens (tertiary/aromatic N) is 1. The molecule has 5 heteroatoms. The van der Waals surface area contributed by atoms with Crippen molar-refractivity contribution in [2.75, 3.05) is 12.4 Å². The molecule has 0 spiro atoms. The zero-order valence-electron chi connectivity index (χ0n) is 10.6. The minimum Gasteiger partial charge on any atom is -0.496 e. The molecule has 0 saturated carbocycles. The number of para-hydroxylation sites is 1. The first kappa shape index (κ1) is 12.9. The molecule has 5 nitrogen and oxygen atoms in total. The minimum absolute atomic E-state index is 0.279. The summed E-state index contributed by atoms with van der Waals surface area (Å²) >= 11 is 0. The van der Waals surface area contributed by atoms with Gasteiger partial charge in [-0.25, -0.2) is 4.79 Å². The van der Waals surface area contributed by atoms with E-state index in [9.17, 15) is 4.79 Å². The summed E-state index contributed by atoms with van der Waals surface area (Å²) in [4.78, 5) is 15.6. The van der Waals surface area contributed by atoms with Gasteiger partial charge in [0.05, 0.1) is 19.0 Å². The lowest BCUT2D eigenvalue weighted by atomic mass is 10.2. The Morgan fingerprint density at radius 3 is 2.84 bits per heavy atom. The van der Waals surface area contributed by atoms with E-state index in [4.69, 9.17) is 4.74 Å². The summed E-state index contributed by atoms with van der Waals surface area (Å²) in [6, 6.07) is 10.8. The van der Waals surface area contributed by atoms with Crippen molar-refractivity contribution in [1.82, 2.24) is 10.3 Å². The third-order valence-corrected chi connectivity index (χ3v) is 2.55. The number of hydrogen-bond acceptors (Lipinski definition) is 3. The zero-order valence-corrected chi connectivity index (χ0v) is 10.6. The van der Waals surface area contributed by atoms with Crippen LogP contribution in [0.25, 0.3) is 0 Å². The maximum absolute atomic E-state index is 11.7. The molecule has 0 unspecified atom stereocenters. The van der Waals surface area contributed by atoms with Crippen molar-refractivity contribution >= 4 is 11.7 Å². The number of anilines is 1. The lowest BCUT2D eigenvalue weighted by molar-refractivity contribution is 0.251. The number of methoxy groups -OCH3 is 1. The van der Waals surface area contributed by atoms with E-state index in [1.807, 2.05) is 24.3 Å². The molecule has 2 amide bonds. The number of ether oxygens (including phenoxy) is 1. The largest absolute Gasteiger partial charge is 0.496 e. The molecule has 0 aliphatic carbocycles. The van der Waals surface area contributed by atoms with Crippen LogP contribution >= 0.6 is 0 Å². The summed E-state index contributed by atoms with van der Waals surface area (Å²) in [5.74, 6) is 0.754. The fraction of sp³-hybridized carbons (Fsp3) is 0.143. The van der Waals surface area contributed by atoms with Gasteiger partial charge in [0.2, 0.25) is 0 Å². The Morgan fingerprint density at radius 1 is 1.26 bits per heavy atom. The summed E-state index contributed by atoms with van der Waals surface area (Å²) in [6.07, 6.45) is 3.24. The lowest BCUT2D eigenvalue weighted by Crippen LogP contribution is -2.28. The first-order valence-corrected chi connectivity index (χ1v) is 5.86. The topological polar surface area (TPSA) is 63.2 Å². The fourth-order valence-corrected chi connectivity index (χ4v) is 1.64. The molecule has 0 aliphatic rings. The molecule has 1 aromatic heterocycles. The highest BCUT2D eigenvalue weighted by atomic mass is 16.5. The van der Waals surface area contributed by atoms with Gasteiger partial charge < -0.3 is 15.4 Å². The highest BCUT2D eigenvalue weighted by Crippen LogP contribution is 2.16. The van der Waals surface area contributed by atoms with Crippen molar-refractivity contribution in [3.8, 4) is 5.75 Å². The second-order valence-corrected chi connectivity index (χ2v) is 3.86. The lowest BCUT2D eigenvalue weighted by Gasteiger charge is -2.10. The Balaban J connectivity index is 1.90. The van der Waals surface area contributed by atoms with Gasteiger partial charge in [-0.05, 0) is 18.2 Å². The number of rotatable bonds is 4. The van der Waals surface area contributed by atoms with Crippen LogP contribution in [0.5, 0.6) is 5.75 Å². The van der Waals surface area contributed by atoms with Crippen LogP contribution in [0, 0.1) is 0 Å². The molecule has 98 valence electrons. The first-order valence-electron chi connectivity index (χ1n) is 5.86. The molecular weight excluding hydrogens is 242 g/mol. The van der Waals surface area contributed by atoms with Crippen LogP contribution in [0.3, 0.4) is 0 Å². The highest BCUT2D eigenvalue weighted by molar-refractivity contribution is 5.88. The molecule has 1 aromatic carbocycles. The van der Waals surface area contributed by atoms with E-state index in [0.717, 1.165) is 11.3 Å². The van der Waals surface area contributed by atoms with E-state index < -0.39 is 0 Å². The normalized spacial score (nSPS) is 9.74. The van der Waals surface area contributed by atoms with Crippen LogP contribution in [0.2, 0.25) is 0 Å². The van der Waals surface area contributed by atoms with Crippen LogP contribution < -0.4 is 15.4 Å². The summed E-state index contributed by atoms with van der Waals surface area (Å²) in [6.45, 7) is 0.399. The summed E-state index contributed by atoms with van der Waals surface area (Å²) in [5, 5.41) is 5.46. The number of carbonyl (C=O) groups excluding carboxylic acids is 1. The number of carbonyl (C=O) groups is 1. The van der Waals surface area contributed by atoms with E-state index in [1.54, 1.807) is 31.6 Å². The highest BCUT2D eigenvalue weighted by Gasteiger charge is 2.04. The predicted molar refractivity (Wildman–Crippen MR) is 73.1 cm³/mol. The molecule has 0 radical (unpaired) electrons. The zero-order chi connectivity index (χ0) is 13.5. The van der Waals surface area contributed by atoms with Crippen LogP contribution in [0.1, 0.15) is 5.56 Å². The van der Waals surface area contributed by atoms with Crippen molar-refractivity contribution in [2.24, 2.45) is 0 Å². The number of hydrogen-bond donors (Lipinski definition) is 2. The Labute approximate surface area is 111 Å². The van der Waals surface area contributed by atoms with E-state index in [-0.39, 0.29) is 6.03 Å². The number of amides is 2. The van der Waals surface area contributed by atoms with Crippen molar-refractivity contribution < 1.29 is 9.53 Å². The molecule has 0 fully saturated rings. The van der Waals surface area contributed by atoms with Gasteiger partial charge in [0.1, 0.15) is 5.75 Å². The van der Waals surface area contributed by atoms with Gasteiger partial charge in [-0.3, -0.25) is 4.98 Å². The number of benzene rings is 1. The smallest absolute Gasteiger partial charge is 0.319 e. The summed E-state index contributed by atoms with van der Waals surface area (Å²) < 4.78 is 5.21. The van der Waals surface area contributed by atoms with Crippen molar-refractivity contribution in [3.63, 3.8) is 0 Å². The number of pyridine rings is 1. The van der Waals surface area contributed by atoms with E-state index in [0.29, 0.717) is 12.2 Å². The maximum atomic E-state index is 11.7. The fourth-order valence-electron chi connectivity index (χ4n) is 1.64. The van der Waals surface area contributed by atoms with Gasteiger partial charge >= 0.3 is 6.03 Å². The van der Waals surface area contributed by atoms with Crippen molar-refractivity contribution in [2.45, 2.75) is 6.54 Å². The molecule has 19 heavy (non-hydrogen) atoms. The summed E-state index contributed by atoms with van der Waals surface area (Å²) in [5.41, 5.74) is 1.58. The third-order valence-electron chi connectivity index (χ3n) is 2.55. The molecule has 2 aromatic rings. The number of nitrogens with one attached hydrogen (secondary N) is 2. The Bertz CT molecular complexity index is 543. The molecular formula is C14H15N3O2. The second kappa shape index (κ2) is 6.39. The van der Waals surface area contributed by atoms with Gasteiger partial charge in [-0.2, -0.15) is 0 Å². The SMILES string of the molecule is COc1ccccc1CNC(=O)Nc1cccnc1. The molecule has 0 aliphatic heterocycles. The molecule has 0 atom stereocenters. The Hall–Kier alpha value is -2.56. The van der Waals surface area contributed by atoms with Crippen LogP contribution in [0.15, 0.2) is 48.8 Å². The maximum Gasteiger partial charge on any atom is 0.319 e. The van der Waals surface area contributed by atoms with Gasteiger partial charge in [-0.1, -0.05) is 18.2 Å². The summed E-state index contributed by atoms with van der Waals surface area (Å²) in [7, 11) is 1.61. The molecule has 1 heterocycles. The number of urea groups is 1. The average molecular weight is 257 g/mol. The van der Waals surface area contributed by atoms with Gasteiger partial charge in [0.15, 0.2) is 0 Å². The predicted octanol–water partition coefficient (Wildman–Crippen LogP) is 2.41. The third kappa shape index (κ3) is 3.70. The molecule has 0 saturated heterocycles. The molecule has 2 rings (SSSR count).